The Bertz CT molecular complexity index is 1600. The summed E-state index contributed by atoms with van der Waals surface area (Å²) in [6.07, 6.45) is 3.72. The van der Waals surface area contributed by atoms with Crippen molar-refractivity contribution in [3.63, 3.8) is 0 Å². The third kappa shape index (κ3) is 7.69. The average molecular weight is 793 g/mol. The van der Waals surface area contributed by atoms with Gasteiger partial charge in [-0.2, -0.15) is 0 Å². The lowest BCUT2D eigenvalue weighted by molar-refractivity contribution is -0.292. The largest absolute Gasteiger partial charge is 0.392 e. The van der Waals surface area contributed by atoms with Gasteiger partial charge in [0.2, 0.25) is 0 Å². The highest BCUT2D eigenvalue weighted by Gasteiger charge is 2.68. The van der Waals surface area contributed by atoms with E-state index in [2.05, 4.69) is 20.1 Å². The number of aliphatic hydroxyl groups is 1. The van der Waals surface area contributed by atoms with Gasteiger partial charge in [0.25, 0.3) is 0 Å². The lowest BCUT2D eigenvalue weighted by Crippen LogP contribution is -2.61. The van der Waals surface area contributed by atoms with E-state index in [1.807, 2.05) is 0 Å². The fourth-order valence-electron chi connectivity index (χ4n) is 11.6. The van der Waals surface area contributed by atoms with E-state index in [9.17, 15) is 18.3 Å². The number of Topliss-reactive ketones (excluding diaryl/α,β-unsaturated/α-hetero) is 1. The highest BCUT2D eigenvalue weighted by atomic mass is 32.2. The second-order valence-corrected chi connectivity index (χ2v) is 20.5. The molecule has 0 radical (unpaired) electrons. The topological polar surface area (TPSA) is 155 Å². The molecule has 0 aliphatic carbocycles. The monoisotopic (exact) mass is 792 g/mol. The van der Waals surface area contributed by atoms with Gasteiger partial charge >= 0.3 is 0 Å². The molecule has 2 unspecified atom stereocenters. The van der Waals surface area contributed by atoms with Gasteiger partial charge in [-0.25, -0.2) is 8.42 Å². The molecule has 0 aromatic rings. The average Bonchev–Trinajstić information content (AvgIpc) is 3.79. The van der Waals surface area contributed by atoms with E-state index >= 15 is 0 Å². The molecule has 13 nitrogen and oxygen atoms in total. The summed E-state index contributed by atoms with van der Waals surface area (Å²) in [4.78, 5) is 14.1. The summed E-state index contributed by atoms with van der Waals surface area (Å²) < 4.78 is 84.0. The van der Waals surface area contributed by atoms with E-state index in [4.69, 9.17) is 42.6 Å². The molecule has 14 heteroatoms. The molecule has 0 aromatic heterocycles. The number of ketones is 1. The molecule has 1 spiro atoms. The van der Waals surface area contributed by atoms with Gasteiger partial charge in [-0.3, -0.25) is 4.79 Å². The van der Waals surface area contributed by atoms with Gasteiger partial charge < -0.3 is 47.7 Å². The summed E-state index contributed by atoms with van der Waals surface area (Å²) in [6.45, 7) is 11.1. The van der Waals surface area contributed by atoms with Crippen LogP contribution in [0.5, 0.6) is 0 Å². The molecule has 0 aromatic carbocycles. The predicted octanol–water partition coefficient (Wildman–Crippen LogP) is 3.52. The van der Waals surface area contributed by atoms with Gasteiger partial charge in [-0.15, -0.1) is 0 Å². The van der Waals surface area contributed by atoms with Crippen LogP contribution in [0, 0.1) is 11.8 Å². The molecule has 0 saturated carbocycles. The standard InChI is InChI=1S/C41H60O13S/c1-20-12-25-6-8-29-21(2)13-27(47-29)10-11-41-18-34-37(53-41)38-39(52-34)40(54-41)36-30(51-38)9-7-26(49-36)14-23(42)15-28-32(17-31(48-25)22(20)3)50-33(35(28)46-4)16-24(43)19-55(5,44)45/h20,24-40,43H,2-3,6-19H2,1,4-5H3/t20-,24+,25+,26-,27+,28+,29+,30+,31-,32+,33?,34?,35-,36+,37+,38+,39-,40+,41+/m1/s1. The molecule has 0 amide bonds. The van der Waals surface area contributed by atoms with Crippen LogP contribution in [0.15, 0.2) is 24.3 Å². The van der Waals surface area contributed by atoms with Crippen molar-refractivity contribution < 1.29 is 61.0 Å². The molecular formula is C41H60O13S. The lowest BCUT2D eigenvalue weighted by atomic mass is 9.81. The Morgan fingerprint density at radius 1 is 0.800 bits per heavy atom. The van der Waals surface area contributed by atoms with Crippen molar-refractivity contribution in [1.82, 2.24) is 0 Å². The molecular weight excluding hydrogens is 733 g/mol. The number of methoxy groups -OCH3 is 1. The minimum atomic E-state index is -3.42. The van der Waals surface area contributed by atoms with Crippen LogP contribution in [0.25, 0.3) is 0 Å². The first-order valence-corrected chi connectivity index (χ1v) is 22.9. The second-order valence-electron chi connectivity index (χ2n) is 18.3. The normalized spacial score (nSPS) is 50.5. The number of carbonyl (C=O) groups is 1. The second kappa shape index (κ2) is 15.1. The van der Waals surface area contributed by atoms with E-state index in [1.165, 1.54) is 0 Å². The Hall–Kier alpha value is -1.30. The van der Waals surface area contributed by atoms with Crippen molar-refractivity contribution in [1.29, 1.82) is 0 Å². The van der Waals surface area contributed by atoms with Gasteiger partial charge in [0.1, 0.15) is 46.1 Å². The molecule has 10 saturated heterocycles. The van der Waals surface area contributed by atoms with Crippen LogP contribution in [0.2, 0.25) is 0 Å². The Morgan fingerprint density at radius 2 is 1.53 bits per heavy atom. The minimum absolute atomic E-state index is 0.0127. The molecule has 12 bridgehead atoms. The molecule has 19 atom stereocenters. The molecule has 10 aliphatic rings. The highest BCUT2D eigenvalue weighted by Crippen LogP contribution is 2.54. The SMILES string of the molecule is C=C1C[C@@H]2CC[C@@]34CC5O[C@H]6[C@@H](O3)[C@H]3O[C@H](CC[C@@H]3O[C@H]6[C@H]5O4)CC(=O)C[C@H]3[C@H](C[C@H]4O[C@@H](CC[C@@H]1O2)C[C@@H](C)C4=C)OC(C[C@H](O)CS(C)(=O)=O)[C@@H]3OC. The maximum absolute atomic E-state index is 14.1. The molecule has 10 fully saturated rings. The smallest absolute Gasteiger partial charge is 0.172 e. The van der Waals surface area contributed by atoms with Gasteiger partial charge in [0.15, 0.2) is 5.79 Å². The van der Waals surface area contributed by atoms with Gasteiger partial charge in [0.05, 0.1) is 72.9 Å². The van der Waals surface area contributed by atoms with Gasteiger partial charge in [-0.05, 0) is 62.0 Å². The van der Waals surface area contributed by atoms with Crippen molar-refractivity contribution in [3.05, 3.63) is 24.3 Å². The summed E-state index contributed by atoms with van der Waals surface area (Å²) in [5, 5.41) is 10.8. The van der Waals surface area contributed by atoms with Crippen LogP contribution in [0.1, 0.15) is 90.4 Å². The Morgan fingerprint density at radius 3 is 2.33 bits per heavy atom. The van der Waals surface area contributed by atoms with E-state index in [-0.39, 0.29) is 110 Å². The minimum Gasteiger partial charge on any atom is -0.392 e. The van der Waals surface area contributed by atoms with Crippen LogP contribution < -0.4 is 0 Å². The van der Waals surface area contributed by atoms with Crippen LogP contribution in [0.3, 0.4) is 0 Å². The number of hydrogen-bond acceptors (Lipinski definition) is 13. The fourth-order valence-corrected chi connectivity index (χ4v) is 12.4. The third-order valence-electron chi connectivity index (χ3n) is 14.2. The molecule has 10 rings (SSSR count). The van der Waals surface area contributed by atoms with Crippen LogP contribution in [-0.4, -0.2) is 142 Å². The summed E-state index contributed by atoms with van der Waals surface area (Å²) in [5.41, 5.74) is 2.11. The third-order valence-corrected chi connectivity index (χ3v) is 15.2. The summed E-state index contributed by atoms with van der Waals surface area (Å²) in [5.74, 6) is -1.29. The number of rotatable bonds is 5. The van der Waals surface area contributed by atoms with Crippen LogP contribution in [-0.2, 0) is 57.3 Å². The van der Waals surface area contributed by atoms with Crippen LogP contribution in [0.4, 0.5) is 0 Å². The molecule has 10 aliphatic heterocycles. The predicted molar refractivity (Wildman–Crippen MR) is 197 cm³/mol. The molecule has 308 valence electrons. The first kappa shape index (κ1) is 39.2. The fraction of sp³-hybridized carbons (Fsp3) is 0.878. The quantitative estimate of drug-likeness (QED) is 0.405. The maximum Gasteiger partial charge on any atom is 0.172 e. The number of aliphatic hydroxyl groups excluding tert-OH is 1. The Labute approximate surface area is 325 Å². The van der Waals surface area contributed by atoms with E-state index in [1.54, 1.807) is 7.11 Å². The van der Waals surface area contributed by atoms with Crippen molar-refractivity contribution in [2.75, 3.05) is 19.1 Å². The number of ether oxygens (including phenoxy) is 9. The Balaban J connectivity index is 0.989. The van der Waals surface area contributed by atoms with E-state index in [0.29, 0.717) is 25.7 Å². The zero-order valence-corrected chi connectivity index (χ0v) is 33.3. The number of carbonyl (C=O) groups excluding carboxylic acids is 1. The lowest BCUT2D eigenvalue weighted by Gasteiger charge is -2.47. The Kier molecular flexibility index (Phi) is 10.7. The van der Waals surface area contributed by atoms with E-state index < -0.39 is 46.1 Å². The van der Waals surface area contributed by atoms with Gasteiger partial charge in [0, 0.05) is 57.8 Å². The maximum atomic E-state index is 14.1. The van der Waals surface area contributed by atoms with Crippen LogP contribution >= 0.6 is 0 Å². The first-order valence-electron chi connectivity index (χ1n) is 20.8. The molecule has 55 heavy (non-hydrogen) atoms. The van der Waals surface area contributed by atoms with Crippen molar-refractivity contribution in [2.45, 2.75) is 194 Å². The summed E-state index contributed by atoms with van der Waals surface area (Å²) in [6, 6.07) is 0. The molecule has 1 N–H and O–H groups in total. The first-order chi connectivity index (χ1) is 26.2. The number of sulfone groups is 1. The van der Waals surface area contributed by atoms with Crippen molar-refractivity contribution in [2.24, 2.45) is 11.8 Å². The van der Waals surface area contributed by atoms with Crippen molar-refractivity contribution in [3.8, 4) is 0 Å². The van der Waals surface area contributed by atoms with E-state index in [0.717, 1.165) is 55.9 Å². The number of hydrogen-bond donors (Lipinski definition) is 1. The summed E-state index contributed by atoms with van der Waals surface area (Å²) in [7, 11) is -1.84. The van der Waals surface area contributed by atoms with Crippen molar-refractivity contribution >= 4 is 15.6 Å². The number of fused-ring (bicyclic) bond motifs is 6. The zero-order chi connectivity index (χ0) is 38.4. The van der Waals surface area contributed by atoms with Gasteiger partial charge in [-0.1, -0.05) is 20.1 Å². The highest BCUT2D eigenvalue weighted by molar-refractivity contribution is 7.90. The summed E-state index contributed by atoms with van der Waals surface area (Å²) >= 11 is 0. The molecule has 10 heterocycles. The zero-order valence-electron chi connectivity index (χ0n) is 32.5.